The zero-order valence-corrected chi connectivity index (χ0v) is 20.2. The standard InChI is InChI=1S/C25H24N6O7/c1-2-37-25(36)17-3-5-18(6-4-17)30-23(34)21(32)28-14-19-7-8-20(38-19)15-29-31-24(35)22(33)27-13-16-9-11-26-12-10-16/h3-12,15H,2,13-14H2,1H3,(H,27,33)(H,28,32)(H,30,34)(H,31,35)/b29-15+. The Morgan fingerprint density at radius 2 is 1.55 bits per heavy atom. The Bertz CT molecular complexity index is 1320. The van der Waals surface area contributed by atoms with Crippen LogP contribution in [0.2, 0.25) is 0 Å². The Hall–Kier alpha value is -5.33. The van der Waals surface area contributed by atoms with Crippen LogP contribution in [0.25, 0.3) is 0 Å². The van der Waals surface area contributed by atoms with E-state index >= 15 is 0 Å². The molecule has 196 valence electrons. The molecule has 3 rings (SSSR count). The molecule has 4 N–H and O–H groups in total. The number of anilines is 1. The summed E-state index contributed by atoms with van der Waals surface area (Å²) in [5, 5.41) is 10.9. The van der Waals surface area contributed by atoms with Crippen molar-refractivity contribution in [1.29, 1.82) is 0 Å². The van der Waals surface area contributed by atoms with Crippen LogP contribution in [-0.2, 0) is 37.0 Å². The molecule has 1 aromatic carbocycles. The number of amides is 4. The van der Waals surface area contributed by atoms with Gasteiger partial charge in [-0.3, -0.25) is 24.2 Å². The molecule has 0 spiro atoms. The minimum Gasteiger partial charge on any atom is -0.462 e. The Morgan fingerprint density at radius 3 is 2.26 bits per heavy atom. The first-order valence-electron chi connectivity index (χ1n) is 11.3. The number of nitrogens with one attached hydrogen (secondary N) is 4. The van der Waals surface area contributed by atoms with Gasteiger partial charge in [-0.15, -0.1) is 0 Å². The van der Waals surface area contributed by atoms with Crippen molar-refractivity contribution in [3.05, 3.63) is 83.6 Å². The van der Waals surface area contributed by atoms with Gasteiger partial charge >= 0.3 is 29.6 Å². The molecule has 38 heavy (non-hydrogen) atoms. The second-order valence-electron chi connectivity index (χ2n) is 7.48. The van der Waals surface area contributed by atoms with E-state index in [-0.39, 0.29) is 25.5 Å². The number of esters is 1. The second kappa shape index (κ2) is 13.7. The van der Waals surface area contributed by atoms with Gasteiger partial charge in [-0.2, -0.15) is 5.10 Å². The fourth-order valence-corrected chi connectivity index (χ4v) is 2.87. The quantitative estimate of drug-likeness (QED) is 0.139. The predicted octanol–water partition coefficient (Wildman–Crippen LogP) is 0.873. The largest absolute Gasteiger partial charge is 0.462 e. The zero-order chi connectivity index (χ0) is 27.3. The van der Waals surface area contributed by atoms with E-state index in [2.05, 4.69) is 31.5 Å². The number of pyridine rings is 1. The number of carbonyl (C=O) groups is 5. The molecule has 0 unspecified atom stereocenters. The summed E-state index contributed by atoms with van der Waals surface area (Å²) >= 11 is 0. The summed E-state index contributed by atoms with van der Waals surface area (Å²) in [4.78, 5) is 63.4. The lowest BCUT2D eigenvalue weighted by atomic mass is 10.2. The van der Waals surface area contributed by atoms with Crippen LogP contribution in [0.4, 0.5) is 5.69 Å². The smallest absolute Gasteiger partial charge is 0.338 e. The highest BCUT2D eigenvalue weighted by Gasteiger charge is 2.15. The molecule has 13 nitrogen and oxygen atoms in total. The SMILES string of the molecule is CCOC(=O)c1ccc(NC(=O)C(=O)NCc2ccc(/C=N/NC(=O)C(=O)NCc3ccncc3)o2)cc1. The van der Waals surface area contributed by atoms with Crippen molar-refractivity contribution in [3.63, 3.8) is 0 Å². The third-order valence-corrected chi connectivity index (χ3v) is 4.73. The summed E-state index contributed by atoms with van der Waals surface area (Å²) in [5.41, 5.74) is 3.50. The fraction of sp³-hybridized carbons (Fsp3) is 0.160. The first kappa shape index (κ1) is 27.3. The average molecular weight is 521 g/mol. The van der Waals surface area contributed by atoms with Gasteiger partial charge in [-0.25, -0.2) is 10.2 Å². The summed E-state index contributed by atoms with van der Waals surface area (Å²) in [7, 11) is 0. The number of carbonyl (C=O) groups excluding carboxylic acids is 5. The molecular formula is C25H24N6O7. The van der Waals surface area contributed by atoms with Crippen molar-refractivity contribution in [1.82, 2.24) is 21.0 Å². The Labute approximate surface area is 216 Å². The van der Waals surface area contributed by atoms with Gasteiger partial charge in [0.2, 0.25) is 0 Å². The minimum absolute atomic E-state index is 0.0916. The first-order chi connectivity index (χ1) is 18.4. The maximum Gasteiger partial charge on any atom is 0.338 e. The predicted molar refractivity (Wildman–Crippen MR) is 133 cm³/mol. The molecule has 0 bridgehead atoms. The number of aromatic nitrogens is 1. The number of nitrogens with zero attached hydrogens (tertiary/aromatic N) is 2. The van der Waals surface area contributed by atoms with Crippen LogP contribution in [0.15, 0.2) is 70.4 Å². The molecule has 0 fully saturated rings. The van der Waals surface area contributed by atoms with Crippen molar-refractivity contribution in [2.24, 2.45) is 5.10 Å². The number of benzene rings is 1. The highest BCUT2D eigenvalue weighted by molar-refractivity contribution is 6.39. The van der Waals surface area contributed by atoms with Crippen molar-refractivity contribution in [2.45, 2.75) is 20.0 Å². The van der Waals surface area contributed by atoms with Gasteiger partial charge in [-0.05, 0) is 61.0 Å². The molecule has 3 aromatic rings. The number of ether oxygens (including phenoxy) is 1. The number of hydrogen-bond acceptors (Lipinski definition) is 9. The average Bonchev–Trinajstić information content (AvgIpc) is 3.39. The number of hydrogen-bond donors (Lipinski definition) is 4. The van der Waals surface area contributed by atoms with Crippen molar-refractivity contribution in [2.75, 3.05) is 11.9 Å². The van der Waals surface area contributed by atoms with Gasteiger partial charge in [0, 0.05) is 24.6 Å². The molecule has 0 aliphatic carbocycles. The maximum atomic E-state index is 12.1. The first-order valence-corrected chi connectivity index (χ1v) is 11.3. The summed E-state index contributed by atoms with van der Waals surface area (Å²) in [6.07, 6.45) is 4.31. The molecule has 0 aliphatic heterocycles. The van der Waals surface area contributed by atoms with Crippen LogP contribution >= 0.6 is 0 Å². The van der Waals surface area contributed by atoms with E-state index in [9.17, 15) is 24.0 Å². The lowest BCUT2D eigenvalue weighted by Crippen LogP contribution is -2.37. The Kier molecular flexibility index (Phi) is 9.81. The molecule has 0 atom stereocenters. The fourth-order valence-electron chi connectivity index (χ4n) is 2.87. The molecular weight excluding hydrogens is 496 g/mol. The highest BCUT2D eigenvalue weighted by atomic mass is 16.5. The lowest BCUT2D eigenvalue weighted by Gasteiger charge is -2.06. The monoisotopic (exact) mass is 520 g/mol. The van der Waals surface area contributed by atoms with Crippen LogP contribution < -0.4 is 21.4 Å². The van der Waals surface area contributed by atoms with Gasteiger partial charge in [0.1, 0.15) is 11.5 Å². The highest BCUT2D eigenvalue weighted by Crippen LogP contribution is 2.11. The molecule has 2 heterocycles. The van der Waals surface area contributed by atoms with E-state index in [1.807, 2.05) is 0 Å². The lowest BCUT2D eigenvalue weighted by molar-refractivity contribution is -0.139. The molecule has 0 saturated heterocycles. The maximum absolute atomic E-state index is 12.1. The number of hydrazone groups is 1. The van der Waals surface area contributed by atoms with Gasteiger partial charge < -0.3 is 25.1 Å². The van der Waals surface area contributed by atoms with E-state index in [1.54, 1.807) is 31.5 Å². The van der Waals surface area contributed by atoms with E-state index in [4.69, 9.17) is 9.15 Å². The van der Waals surface area contributed by atoms with Crippen LogP contribution in [0.3, 0.4) is 0 Å². The molecule has 2 aromatic heterocycles. The van der Waals surface area contributed by atoms with Crippen LogP contribution in [0.1, 0.15) is 34.4 Å². The third-order valence-electron chi connectivity index (χ3n) is 4.73. The van der Waals surface area contributed by atoms with Gasteiger partial charge in [0.15, 0.2) is 0 Å². The summed E-state index contributed by atoms with van der Waals surface area (Å²) in [6.45, 7) is 2.00. The Morgan fingerprint density at radius 1 is 0.868 bits per heavy atom. The third kappa shape index (κ3) is 8.41. The topological polar surface area (TPSA) is 181 Å². The van der Waals surface area contributed by atoms with Gasteiger partial charge in [0.05, 0.1) is 24.9 Å². The van der Waals surface area contributed by atoms with E-state index in [0.717, 1.165) is 5.56 Å². The summed E-state index contributed by atoms with van der Waals surface area (Å²) < 4.78 is 10.3. The van der Waals surface area contributed by atoms with Gasteiger partial charge in [0.25, 0.3) is 0 Å². The van der Waals surface area contributed by atoms with Crippen LogP contribution in [0, 0.1) is 0 Å². The second-order valence-corrected chi connectivity index (χ2v) is 7.48. The Balaban J connectivity index is 1.39. The number of rotatable bonds is 9. The molecule has 0 saturated carbocycles. The van der Waals surface area contributed by atoms with Crippen LogP contribution in [0.5, 0.6) is 0 Å². The van der Waals surface area contributed by atoms with E-state index < -0.39 is 29.6 Å². The number of furan rings is 1. The van der Waals surface area contributed by atoms with Crippen molar-refractivity contribution in [3.8, 4) is 0 Å². The summed E-state index contributed by atoms with van der Waals surface area (Å²) in [5.74, 6) is -3.59. The molecule has 0 aliphatic rings. The zero-order valence-electron chi connectivity index (χ0n) is 20.2. The van der Waals surface area contributed by atoms with Crippen molar-refractivity contribution >= 4 is 41.5 Å². The van der Waals surface area contributed by atoms with Gasteiger partial charge in [-0.1, -0.05) is 0 Å². The molecule has 0 radical (unpaired) electrons. The van der Waals surface area contributed by atoms with Crippen molar-refractivity contribution < 1.29 is 33.1 Å². The summed E-state index contributed by atoms with van der Waals surface area (Å²) in [6, 6.07) is 12.3. The minimum atomic E-state index is -0.962. The van der Waals surface area contributed by atoms with Crippen LogP contribution in [-0.4, -0.2) is 47.4 Å². The van der Waals surface area contributed by atoms with E-state index in [1.165, 1.54) is 42.6 Å². The normalized spacial score (nSPS) is 10.4. The molecule has 4 amide bonds. The van der Waals surface area contributed by atoms with E-state index in [0.29, 0.717) is 17.0 Å². The molecule has 13 heteroatoms.